The summed E-state index contributed by atoms with van der Waals surface area (Å²) < 4.78 is 26.6. The zero-order valence-corrected chi connectivity index (χ0v) is 16.6. The smallest absolute Gasteiger partial charge is 0.274 e. The normalized spacial score (nSPS) is 11.2. The van der Waals surface area contributed by atoms with E-state index in [9.17, 15) is 23.3 Å². The van der Waals surface area contributed by atoms with Crippen molar-refractivity contribution in [3.8, 4) is 0 Å². The van der Waals surface area contributed by atoms with E-state index in [1.807, 2.05) is 6.92 Å². The maximum atomic E-state index is 12.2. The summed E-state index contributed by atoms with van der Waals surface area (Å²) >= 11 is 0. The Labute approximate surface area is 164 Å². The van der Waals surface area contributed by atoms with Crippen LogP contribution in [0.25, 0.3) is 0 Å². The van der Waals surface area contributed by atoms with Gasteiger partial charge in [0.2, 0.25) is 15.9 Å². The van der Waals surface area contributed by atoms with Crippen LogP contribution in [0.3, 0.4) is 0 Å². The molecule has 0 aliphatic carbocycles. The SMILES string of the molecule is CCCNS(=O)(=O)c1ccc(CCC(=O)Nc2cccc([N+](=O)[O-])c2C)cc1. The van der Waals surface area contributed by atoms with Gasteiger partial charge in [-0.3, -0.25) is 14.9 Å². The van der Waals surface area contributed by atoms with E-state index in [1.54, 1.807) is 25.1 Å². The third-order valence-electron chi connectivity index (χ3n) is 4.19. The molecule has 0 spiro atoms. The summed E-state index contributed by atoms with van der Waals surface area (Å²) in [4.78, 5) is 22.8. The Bertz CT molecular complexity index is 956. The maximum absolute atomic E-state index is 12.2. The molecule has 2 rings (SSSR count). The van der Waals surface area contributed by atoms with Gasteiger partial charge in [0.05, 0.1) is 21.1 Å². The Morgan fingerprint density at radius 3 is 2.43 bits per heavy atom. The maximum Gasteiger partial charge on any atom is 0.274 e. The highest BCUT2D eigenvalue weighted by Gasteiger charge is 2.15. The lowest BCUT2D eigenvalue weighted by atomic mass is 10.1. The number of hydrogen-bond donors (Lipinski definition) is 2. The van der Waals surface area contributed by atoms with E-state index in [-0.39, 0.29) is 22.9 Å². The van der Waals surface area contributed by atoms with E-state index in [1.165, 1.54) is 24.3 Å². The number of benzene rings is 2. The third-order valence-corrected chi connectivity index (χ3v) is 5.67. The molecule has 2 aromatic carbocycles. The minimum Gasteiger partial charge on any atom is -0.326 e. The summed E-state index contributed by atoms with van der Waals surface area (Å²) in [6, 6.07) is 10.9. The van der Waals surface area contributed by atoms with Gasteiger partial charge in [0, 0.05) is 19.0 Å². The summed E-state index contributed by atoms with van der Waals surface area (Å²) in [5, 5.41) is 13.7. The molecule has 0 aromatic heterocycles. The second-order valence-corrected chi connectivity index (χ2v) is 8.06. The van der Waals surface area contributed by atoms with Gasteiger partial charge < -0.3 is 5.32 Å². The van der Waals surface area contributed by atoms with Crippen molar-refractivity contribution >= 4 is 27.3 Å². The summed E-state index contributed by atoms with van der Waals surface area (Å²) in [5.74, 6) is -0.273. The van der Waals surface area contributed by atoms with Gasteiger partial charge in [0.1, 0.15) is 0 Å². The molecule has 9 heteroatoms. The van der Waals surface area contributed by atoms with Crippen LogP contribution in [-0.2, 0) is 21.2 Å². The molecule has 0 atom stereocenters. The van der Waals surface area contributed by atoms with Gasteiger partial charge in [-0.25, -0.2) is 13.1 Å². The molecule has 28 heavy (non-hydrogen) atoms. The lowest BCUT2D eigenvalue weighted by Gasteiger charge is -2.09. The average Bonchev–Trinajstić information content (AvgIpc) is 2.66. The fourth-order valence-corrected chi connectivity index (χ4v) is 3.72. The number of carbonyl (C=O) groups is 1. The van der Waals surface area contributed by atoms with Crippen LogP contribution in [-0.4, -0.2) is 25.8 Å². The third kappa shape index (κ3) is 5.61. The number of sulfonamides is 1. The zero-order valence-electron chi connectivity index (χ0n) is 15.8. The monoisotopic (exact) mass is 405 g/mol. The molecule has 1 amide bonds. The van der Waals surface area contributed by atoms with Gasteiger partial charge in [0.15, 0.2) is 0 Å². The Hall–Kier alpha value is -2.78. The van der Waals surface area contributed by atoms with Crippen molar-refractivity contribution in [2.45, 2.75) is 38.0 Å². The number of amides is 1. The number of anilines is 1. The van der Waals surface area contributed by atoms with Gasteiger partial charge in [-0.1, -0.05) is 25.1 Å². The van der Waals surface area contributed by atoms with E-state index in [4.69, 9.17) is 0 Å². The Morgan fingerprint density at radius 1 is 1.14 bits per heavy atom. The fraction of sp³-hybridized carbons (Fsp3) is 0.316. The minimum absolute atomic E-state index is 0.0497. The predicted octanol–water partition coefficient (Wildman–Crippen LogP) is 3.16. The molecule has 150 valence electrons. The average molecular weight is 405 g/mol. The summed E-state index contributed by atoms with van der Waals surface area (Å²) in [6.45, 7) is 3.84. The Balaban J connectivity index is 1.97. The van der Waals surface area contributed by atoms with Crippen LogP contribution in [0.15, 0.2) is 47.4 Å². The molecular formula is C19H23N3O5S. The molecular weight excluding hydrogens is 382 g/mol. The van der Waals surface area contributed by atoms with Crippen LogP contribution in [0.1, 0.15) is 30.9 Å². The fourth-order valence-electron chi connectivity index (χ4n) is 2.58. The second-order valence-electron chi connectivity index (χ2n) is 6.30. The van der Waals surface area contributed by atoms with Gasteiger partial charge >= 0.3 is 0 Å². The van der Waals surface area contributed by atoms with Gasteiger partial charge in [-0.15, -0.1) is 0 Å². The van der Waals surface area contributed by atoms with Crippen molar-refractivity contribution < 1.29 is 18.1 Å². The number of carbonyl (C=O) groups excluding carboxylic acids is 1. The van der Waals surface area contributed by atoms with Crippen LogP contribution >= 0.6 is 0 Å². The van der Waals surface area contributed by atoms with Crippen molar-refractivity contribution in [3.63, 3.8) is 0 Å². The van der Waals surface area contributed by atoms with Crippen LogP contribution in [0, 0.1) is 17.0 Å². The van der Waals surface area contributed by atoms with Crippen molar-refractivity contribution in [3.05, 3.63) is 63.7 Å². The van der Waals surface area contributed by atoms with Crippen molar-refractivity contribution in [1.29, 1.82) is 0 Å². The highest BCUT2D eigenvalue weighted by Crippen LogP contribution is 2.25. The van der Waals surface area contributed by atoms with Crippen LogP contribution < -0.4 is 10.0 Å². The molecule has 2 aromatic rings. The number of hydrogen-bond acceptors (Lipinski definition) is 5. The largest absolute Gasteiger partial charge is 0.326 e. The topological polar surface area (TPSA) is 118 Å². The van der Waals surface area contributed by atoms with E-state index in [0.29, 0.717) is 30.6 Å². The molecule has 8 nitrogen and oxygen atoms in total. The van der Waals surface area contributed by atoms with E-state index < -0.39 is 14.9 Å². The van der Waals surface area contributed by atoms with Gasteiger partial charge in [-0.05, 0) is 43.5 Å². The van der Waals surface area contributed by atoms with Crippen LogP contribution in [0.4, 0.5) is 11.4 Å². The molecule has 0 unspecified atom stereocenters. The number of aryl methyl sites for hydroxylation is 1. The first-order chi connectivity index (χ1) is 13.2. The number of rotatable bonds is 9. The number of nitrogens with zero attached hydrogens (tertiary/aromatic N) is 1. The summed E-state index contributed by atoms with van der Waals surface area (Å²) in [5.41, 5.74) is 1.57. The predicted molar refractivity (Wildman–Crippen MR) is 107 cm³/mol. The lowest BCUT2D eigenvalue weighted by molar-refractivity contribution is -0.385. The van der Waals surface area contributed by atoms with E-state index in [2.05, 4.69) is 10.0 Å². The highest BCUT2D eigenvalue weighted by molar-refractivity contribution is 7.89. The first-order valence-corrected chi connectivity index (χ1v) is 10.4. The number of nitro groups is 1. The molecule has 0 saturated heterocycles. The molecule has 0 aliphatic rings. The van der Waals surface area contributed by atoms with E-state index in [0.717, 1.165) is 5.56 Å². The molecule has 0 aliphatic heterocycles. The zero-order chi connectivity index (χ0) is 20.7. The molecule has 0 fully saturated rings. The molecule has 0 heterocycles. The van der Waals surface area contributed by atoms with Crippen molar-refractivity contribution in [2.24, 2.45) is 0 Å². The van der Waals surface area contributed by atoms with Crippen molar-refractivity contribution in [1.82, 2.24) is 4.72 Å². The van der Waals surface area contributed by atoms with Crippen LogP contribution in [0.5, 0.6) is 0 Å². The molecule has 0 bridgehead atoms. The standard InChI is InChI=1S/C19H23N3O5S/c1-3-13-20-28(26,27)16-10-7-15(8-11-16)9-12-19(23)21-17-5-4-6-18(14(17)2)22(24)25/h4-8,10-11,20H,3,9,12-13H2,1-2H3,(H,21,23). The lowest BCUT2D eigenvalue weighted by Crippen LogP contribution is -2.24. The van der Waals surface area contributed by atoms with E-state index >= 15 is 0 Å². The second kappa shape index (κ2) is 9.43. The quantitative estimate of drug-likeness (QED) is 0.491. The molecule has 2 N–H and O–H groups in total. The Morgan fingerprint density at radius 2 is 1.82 bits per heavy atom. The summed E-state index contributed by atoms with van der Waals surface area (Å²) in [7, 11) is -3.51. The number of nitro benzene ring substituents is 1. The molecule has 0 saturated carbocycles. The van der Waals surface area contributed by atoms with Crippen LogP contribution in [0.2, 0.25) is 0 Å². The van der Waals surface area contributed by atoms with Gasteiger partial charge in [-0.2, -0.15) is 0 Å². The molecule has 0 radical (unpaired) electrons. The minimum atomic E-state index is -3.51. The highest BCUT2D eigenvalue weighted by atomic mass is 32.2. The van der Waals surface area contributed by atoms with Crippen molar-refractivity contribution in [2.75, 3.05) is 11.9 Å². The number of nitrogens with one attached hydrogen (secondary N) is 2. The van der Waals surface area contributed by atoms with Gasteiger partial charge in [0.25, 0.3) is 5.69 Å². The first-order valence-electron chi connectivity index (χ1n) is 8.87. The summed E-state index contributed by atoms with van der Waals surface area (Å²) in [6.07, 6.45) is 1.29. The first kappa shape index (κ1) is 21.5. The Kier molecular flexibility index (Phi) is 7.24.